The molecule has 0 radical (unpaired) electrons. The predicted molar refractivity (Wildman–Crippen MR) is 73.2 cm³/mol. The lowest BCUT2D eigenvalue weighted by Gasteiger charge is -2.11. The van der Waals surface area contributed by atoms with Crippen molar-refractivity contribution in [1.82, 2.24) is 14.3 Å². The summed E-state index contributed by atoms with van der Waals surface area (Å²) < 4.78 is 3.35. The Morgan fingerprint density at radius 2 is 1.79 bits per heavy atom. The van der Waals surface area contributed by atoms with Crippen molar-refractivity contribution in [2.24, 2.45) is 0 Å². The first-order valence-electron chi connectivity index (χ1n) is 6.01. The zero-order valence-corrected chi connectivity index (χ0v) is 10.5. The van der Waals surface area contributed by atoms with Gasteiger partial charge in [-0.05, 0) is 24.3 Å². The van der Waals surface area contributed by atoms with Gasteiger partial charge in [-0.25, -0.2) is 0 Å². The Kier molecular flexibility index (Phi) is 2.59. The number of aromatic nitrogens is 2. The van der Waals surface area contributed by atoms with E-state index in [0.717, 1.165) is 11.0 Å². The quantitative estimate of drug-likeness (QED) is 0.742. The molecular formula is C14H13N3O2. The van der Waals surface area contributed by atoms with Crippen molar-refractivity contribution in [1.29, 1.82) is 0 Å². The minimum atomic E-state index is -0.192. The number of benzene rings is 1. The van der Waals surface area contributed by atoms with Crippen LogP contribution in [0, 0.1) is 0 Å². The second kappa shape index (κ2) is 4.28. The number of carbonyl (C=O) groups excluding carboxylic acids is 1. The fourth-order valence-electron chi connectivity index (χ4n) is 2.29. The third-order valence-electron chi connectivity index (χ3n) is 3.23. The number of carbonyl (C=O) groups is 1. The van der Waals surface area contributed by atoms with Crippen LogP contribution in [-0.4, -0.2) is 21.9 Å². The topological polar surface area (TPSA) is 55.5 Å². The van der Waals surface area contributed by atoms with Crippen LogP contribution in [0.2, 0.25) is 0 Å². The molecular weight excluding hydrogens is 242 g/mol. The molecule has 0 saturated carbocycles. The van der Waals surface area contributed by atoms with E-state index in [9.17, 15) is 9.59 Å². The maximum Gasteiger partial charge on any atom is 0.275 e. The summed E-state index contributed by atoms with van der Waals surface area (Å²) in [4.78, 5) is 24.0. The van der Waals surface area contributed by atoms with E-state index in [4.69, 9.17) is 0 Å². The molecule has 0 atom stereocenters. The lowest BCUT2D eigenvalue weighted by Crippen LogP contribution is -2.31. The number of hydrogen-bond acceptors (Lipinski definition) is 2. The van der Waals surface area contributed by atoms with Crippen LogP contribution in [-0.2, 0) is 11.3 Å². The zero-order chi connectivity index (χ0) is 13.4. The van der Waals surface area contributed by atoms with E-state index in [-0.39, 0.29) is 18.0 Å². The summed E-state index contributed by atoms with van der Waals surface area (Å²) in [6.07, 6.45) is 1.85. The summed E-state index contributed by atoms with van der Waals surface area (Å²) in [5, 5.41) is 2.54. The molecule has 3 aromatic rings. The van der Waals surface area contributed by atoms with Gasteiger partial charge in [0.05, 0.1) is 11.0 Å². The maximum atomic E-state index is 12.4. The molecule has 0 unspecified atom stereocenters. The Morgan fingerprint density at radius 3 is 2.53 bits per heavy atom. The third kappa shape index (κ3) is 1.71. The van der Waals surface area contributed by atoms with E-state index in [1.54, 1.807) is 13.1 Å². The normalized spacial score (nSPS) is 11.0. The molecule has 1 N–H and O–H groups in total. The van der Waals surface area contributed by atoms with Gasteiger partial charge >= 0.3 is 0 Å². The molecule has 0 aliphatic heterocycles. The molecule has 3 rings (SSSR count). The van der Waals surface area contributed by atoms with E-state index < -0.39 is 0 Å². The van der Waals surface area contributed by atoms with Gasteiger partial charge in [0.2, 0.25) is 5.91 Å². The van der Waals surface area contributed by atoms with E-state index in [2.05, 4.69) is 5.32 Å². The van der Waals surface area contributed by atoms with Crippen LogP contribution < -0.4 is 10.9 Å². The number of likely N-dealkylation sites (N-methyl/N-ethyl adjacent to an activating group) is 1. The van der Waals surface area contributed by atoms with Gasteiger partial charge < -0.3 is 9.72 Å². The van der Waals surface area contributed by atoms with Crippen LogP contribution in [0.25, 0.3) is 16.6 Å². The lowest BCUT2D eigenvalue weighted by atomic mass is 10.2. The number of nitrogens with one attached hydrogen (secondary N) is 1. The molecule has 19 heavy (non-hydrogen) atoms. The number of para-hydroxylation sites is 2. The molecule has 0 bridgehead atoms. The predicted octanol–water partition coefficient (Wildman–Crippen LogP) is 1.00. The molecule has 0 aliphatic rings. The van der Waals surface area contributed by atoms with Gasteiger partial charge in [0.1, 0.15) is 12.1 Å². The molecule has 5 heteroatoms. The zero-order valence-electron chi connectivity index (χ0n) is 10.5. The number of amides is 1. The Balaban J connectivity index is 2.42. The smallest absolute Gasteiger partial charge is 0.275 e. The van der Waals surface area contributed by atoms with Crippen LogP contribution in [0.3, 0.4) is 0 Å². The molecule has 1 aromatic carbocycles. The molecule has 0 spiro atoms. The molecule has 96 valence electrons. The molecule has 0 aliphatic carbocycles. The van der Waals surface area contributed by atoms with Crippen molar-refractivity contribution >= 4 is 22.5 Å². The highest BCUT2D eigenvalue weighted by atomic mass is 16.2. The summed E-state index contributed by atoms with van der Waals surface area (Å²) in [5.41, 5.74) is 2.07. The largest absolute Gasteiger partial charge is 0.358 e. The van der Waals surface area contributed by atoms with Gasteiger partial charge in [-0.15, -0.1) is 0 Å². The fraction of sp³-hybridized carbons (Fsp3) is 0.143. The summed E-state index contributed by atoms with van der Waals surface area (Å²) >= 11 is 0. The van der Waals surface area contributed by atoms with Crippen molar-refractivity contribution in [3.05, 3.63) is 52.9 Å². The highest BCUT2D eigenvalue weighted by Gasteiger charge is 2.11. The van der Waals surface area contributed by atoms with E-state index >= 15 is 0 Å². The van der Waals surface area contributed by atoms with Gasteiger partial charge in [0.15, 0.2) is 0 Å². The van der Waals surface area contributed by atoms with Crippen molar-refractivity contribution < 1.29 is 4.79 Å². The first-order chi connectivity index (χ1) is 9.22. The standard InChI is InChI=1S/C14H13N3O2/c1-15-13(18)9-17-11-6-3-2-5-10(11)16-8-4-7-12(16)14(17)19/h2-8H,9H2,1H3,(H,15,18). The lowest BCUT2D eigenvalue weighted by molar-refractivity contribution is -0.121. The van der Waals surface area contributed by atoms with Gasteiger partial charge in [0, 0.05) is 13.2 Å². The Hall–Kier alpha value is -2.56. The van der Waals surface area contributed by atoms with Gasteiger partial charge in [-0.1, -0.05) is 12.1 Å². The number of fused-ring (bicyclic) bond motifs is 3. The number of hydrogen-bond donors (Lipinski definition) is 1. The summed E-state index contributed by atoms with van der Waals surface area (Å²) in [6.45, 7) is 0.0253. The molecule has 0 fully saturated rings. The van der Waals surface area contributed by atoms with Crippen molar-refractivity contribution in [3.63, 3.8) is 0 Å². The molecule has 0 saturated heterocycles. The number of nitrogens with zero attached hydrogens (tertiary/aromatic N) is 2. The van der Waals surface area contributed by atoms with Crippen LogP contribution in [0.1, 0.15) is 0 Å². The average Bonchev–Trinajstić information content (AvgIpc) is 2.93. The molecule has 5 nitrogen and oxygen atoms in total. The van der Waals surface area contributed by atoms with Gasteiger partial charge in [0.25, 0.3) is 5.56 Å². The molecule has 2 aromatic heterocycles. The van der Waals surface area contributed by atoms with Gasteiger partial charge in [-0.2, -0.15) is 0 Å². The average molecular weight is 255 g/mol. The first kappa shape index (κ1) is 11.5. The Bertz CT molecular complexity index is 829. The highest BCUT2D eigenvalue weighted by Crippen LogP contribution is 2.14. The van der Waals surface area contributed by atoms with Crippen LogP contribution in [0.5, 0.6) is 0 Å². The van der Waals surface area contributed by atoms with Crippen LogP contribution in [0.15, 0.2) is 47.4 Å². The minimum Gasteiger partial charge on any atom is -0.358 e. The summed E-state index contributed by atoms with van der Waals surface area (Å²) in [5.74, 6) is -0.192. The van der Waals surface area contributed by atoms with Crippen LogP contribution in [0.4, 0.5) is 0 Å². The third-order valence-corrected chi connectivity index (χ3v) is 3.23. The SMILES string of the molecule is CNC(=O)Cn1c(=O)c2cccn2c2ccccc21. The van der Waals surface area contributed by atoms with E-state index in [1.807, 2.05) is 40.9 Å². The molecule has 2 heterocycles. The van der Waals surface area contributed by atoms with Crippen molar-refractivity contribution in [3.8, 4) is 0 Å². The molecule has 1 amide bonds. The first-order valence-corrected chi connectivity index (χ1v) is 6.01. The van der Waals surface area contributed by atoms with Crippen molar-refractivity contribution in [2.45, 2.75) is 6.54 Å². The van der Waals surface area contributed by atoms with E-state index in [0.29, 0.717) is 5.52 Å². The number of rotatable bonds is 2. The van der Waals surface area contributed by atoms with Crippen molar-refractivity contribution in [2.75, 3.05) is 7.05 Å². The second-order valence-corrected chi connectivity index (χ2v) is 4.32. The fourth-order valence-corrected chi connectivity index (χ4v) is 2.29. The summed E-state index contributed by atoms with van der Waals surface area (Å²) in [7, 11) is 1.56. The second-order valence-electron chi connectivity index (χ2n) is 4.32. The minimum absolute atomic E-state index is 0.0253. The Morgan fingerprint density at radius 1 is 1.11 bits per heavy atom. The summed E-state index contributed by atoms with van der Waals surface area (Å²) in [6, 6.07) is 11.1. The van der Waals surface area contributed by atoms with Gasteiger partial charge in [-0.3, -0.25) is 14.2 Å². The maximum absolute atomic E-state index is 12.4. The monoisotopic (exact) mass is 255 g/mol. The Labute approximate surface area is 109 Å². The highest BCUT2D eigenvalue weighted by molar-refractivity contribution is 5.82. The van der Waals surface area contributed by atoms with E-state index in [1.165, 1.54) is 4.57 Å². The van der Waals surface area contributed by atoms with Crippen LogP contribution >= 0.6 is 0 Å².